The number of carbonyl (C=O) groups excluding carboxylic acids is 3. The van der Waals surface area contributed by atoms with Crippen molar-refractivity contribution in [2.75, 3.05) is 21.2 Å². The molecule has 12 nitrogen and oxygen atoms in total. The number of allylic oxidation sites excluding steroid dienone is 1. The van der Waals surface area contributed by atoms with Crippen LogP contribution in [-0.4, -0.2) is 76.0 Å². The molecule has 0 aromatic heterocycles. The summed E-state index contributed by atoms with van der Waals surface area (Å²) in [5.74, 6) is 1.19. The molecule has 0 saturated heterocycles. The molecule has 40 heavy (non-hydrogen) atoms. The molecule has 2 fully saturated rings. The number of hydrogen-bond acceptors (Lipinski definition) is 11. The summed E-state index contributed by atoms with van der Waals surface area (Å²) in [5, 5.41) is 5.70. The Morgan fingerprint density at radius 2 is 1.62 bits per heavy atom. The third-order valence-electron chi connectivity index (χ3n) is 6.23. The van der Waals surface area contributed by atoms with E-state index in [0.29, 0.717) is 35.3 Å². The zero-order valence-corrected chi connectivity index (χ0v) is 24.7. The predicted molar refractivity (Wildman–Crippen MR) is 161 cm³/mol. The number of methoxy groups -OCH3 is 1. The van der Waals surface area contributed by atoms with E-state index >= 15 is 0 Å². The number of carbonyl (C=O) groups is 3. The molecule has 2 saturated carbocycles. The molecule has 0 aliphatic heterocycles. The lowest BCUT2D eigenvalue weighted by Gasteiger charge is -2.23. The van der Waals surface area contributed by atoms with Crippen LogP contribution in [0, 0.1) is 17.8 Å². The molecule has 3 unspecified atom stereocenters. The molecule has 0 heterocycles. The number of nitrogens with two attached hydrogens (primary N) is 4. The van der Waals surface area contributed by atoms with Crippen molar-refractivity contribution < 1.29 is 19.1 Å². The Labute approximate surface area is 238 Å². The molecule has 226 valence electrons. The Hall–Kier alpha value is -3.35. The topological polar surface area (TPSA) is 213 Å². The van der Waals surface area contributed by atoms with Gasteiger partial charge in [-0.15, -0.1) is 0 Å². The lowest BCUT2D eigenvalue weighted by Crippen LogP contribution is -2.45. The van der Waals surface area contributed by atoms with Crippen molar-refractivity contribution >= 4 is 30.4 Å². The zero-order valence-electron chi connectivity index (χ0n) is 24.7. The van der Waals surface area contributed by atoms with E-state index in [-0.39, 0.29) is 23.7 Å². The Morgan fingerprint density at radius 1 is 1.05 bits per heavy atom. The van der Waals surface area contributed by atoms with Crippen LogP contribution in [0.25, 0.3) is 0 Å². The van der Waals surface area contributed by atoms with Gasteiger partial charge in [-0.05, 0) is 89.6 Å². The Morgan fingerprint density at radius 3 is 2.00 bits per heavy atom. The van der Waals surface area contributed by atoms with Gasteiger partial charge in [-0.25, -0.2) is 0 Å². The molecule has 2 rings (SSSR count). The zero-order chi connectivity index (χ0) is 30.7. The number of ether oxygens (including phenoxy) is 1. The Bertz CT molecular complexity index is 909. The molecule has 10 N–H and O–H groups in total. The highest BCUT2D eigenvalue weighted by atomic mass is 16.5. The van der Waals surface area contributed by atoms with Gasteiger partial charge >= 0.3 is 0 Å². The van der Waals surface area contributed by atoms with Crippen LogP contribution in [0.2, 0.25) is 0 Å². The van der Waals surface area contributed by atoms with E-state index in [1.165, 1.54) is 64.4 Å². The van der Waals surface area contributed by atoms with Gasteiger partial charge in [-0.2, -0.15) is 0 Å². The number of aliphatic imine (C=N–C) groups is 2. The average molecular weight is 563 g/mol. The van der Waals surface area contributed by atoms with Crippen LogP contribution in [0.5, 0.6) is 0 Å². The van der Waals surface area contributed by atoms with Gasteiger partial charge in [0.1, 0.15) is 24.5 Å². The number of nitrogens with one attached hydrogen (secondary N) is 2. The summed E-state index contributed by atoms with van der Waals surface area (Å²) in [6.07, 6.45) is 13.0. The van der Waals surface area contributed by atoms with Crippen LogP contribution in [-0.2, 0) is 19.1 Å². The van der Waals surface area contributed by atoms with E-state index in [0.717, 1.165) is 6.29 Å². The van der Waals surface area contributed by atoms with Crippen molar-refractivity contribution in [3.8, 4) is 0 Å². The van der Waals surface area contributed by atoms with E-state index in [9.17, 15) is 14.4 Å². The van der Waals surface area contributed by atoms with Gasteiger partial charge in [-0.1, -0.05) is 0 Å². The largest absolute Gasteiger partial charge is 0.405 e. The smallest absolute Gasteiger partial charge is 0.270 e. The summed E-state index contributed by atoms with van der Waals surface area (Å²) in [7, 11) is 4.69. The number of nitrogens with zero attached hydrogens (tertiary/aromatic N) is 2. The van der Waals surface area contributed by atoms with Crippen LogP contribution in [0.3, 0.4) is 0 Å². The fraction of sp³-hybridized carbons (Fsp3) is 0.607. The Balaban J connectivity index is 0.000000733. The van der Waals surface area contributed by atoms with Gasteiger partial charge in [0.15, 0.2) is 0 Å². The van der Waals surface area contributed by atoms with Gasteiger partial charge in [0.05, 0.1) is 17.8 Å². The van der Waals surface area contributed by atoms with Crippen molar-refractivity contribution in [2.24, 2.45) is 50.7 Å². The first kappa shape index (κ1) is 36.6. The third-order valence-corrected chi connectivity index (χ3v) is 6.23. The lowest BCUT2D eigenvalue weighted by atomic mass is 9.90. The molecular formula is C28H50N8O4. The lowest BCUT2D eigenvalue weighted by molar-refractivity contribution is -0.120. The molecule has 0 aromatic rings. The van der Waals surface area contributed by atoms with E-state index in [1.807, 2.05) is 13.8 Å². The summed E-state index contributed by atoms with van der Waals surface area (Å²) < 4.78 is 4.85. The molecule has 0 radical (unpaired) electrons. The van der Waals surface area contributed by atoms with E-state index in [4.69, 9.17) is 21.9 Å². The molecule has 0 bridgehead atoms. The fourth-order valence-electron chi connectivity index (χ4n) is 3.93. The second kappa shape index (κ2) is 20.5. The predicted octanol–water partition coefficient (Wildman–Crippen LogP) is 0.525. The van der Waals surface area contributed by atoms with Crippen LogP contribution < -0.4 is 33.6 Å². The standard InChI is InChI=1S/C16H25N3O2.C11H20N4O2.CH5N/c1-10(2)18-13(7-8-17)16(21)19-14(9-20)15(11-3-4-11)12-5-6-12;1-8(15-6-10(5-12)14-2)9(7-16)4-11(13)17-3;1-2/h7-12,14-15H,3-6,17H2,1-2H3,(H,19,21);4-8,11,14H,12-13H2,1-3H3;2H2,1H3/b8-7-,18-13?;9-4+,10-5+,15-6?;. The second-order valence-electron chi connectivity index (χ2n) is 9.67. The fourth-order valence-corrected chi connectivity index (χ4v) is 3.93. The van der Waals surface area contributed by atoms with Gasteiger partial charge in [0.25, 0.3) is 5.91 Å². The van der Waals surface area contributed by atoms with Crippen LogP contribution in [0.15, 0.2) is 45.8 Å². The SMILES string of the molecule is CC(C)N=C(/C=C\N)C(=O)NC(C=O)C(C1CC1)C1CC1.CN.CN/C(C=NC(C)/C(C=O)=C/C(N)OC)=C/N. The highest BCUT2D eigenvalue weighted by Gasteiger charge is 2.46. The van der Waals surface area contributed by atoms with Crippen molar-refractivity contribution in [2.45, 2.75) is 70.8 Å². The molecular weight excluding hydrogens is 512 g/mol. The van der Waals surface area contributed by atoms with E-state index in [2.05, 4.69) is 26.4 Å². The summed E-state index contributed by atoms with van der Waals surface area (Å²) >= 11 is 0. The minimum Gasteiger partial charge on any atom is -0.405 e. The highest BCUT2D eigenvalue weighted by molar-refractivity contribution is 6.43. The van der Waals surface area contributed by atoms with Gasteiger partial charge in [-0.3, -0.25) is 19.6 Å². The minimum atomic E-state index is -0.610. The first-order valence-electron chi connectivity index (χ1n) is 13.5. The monoisotopic (exact) mass is 562 g/mol. The summed E-state index contributed by atoms with van der Waals surface area (Å²) in [5.41, 5.74) is 22.2. The summed E-state index contributed by atoms with van der Waals surface area (Å²) in [6.45, 7) is 5.57. The highest BCUT2D eigenvalue weighted by Crippen LogP contribution is 2.50. The molecule has 3 atom stereocenters. The Kier molecular flexibility index (Phi) is 18.8. The first-order valence-corrected chi connectivity index (χ1v) is 13.5. The molecule has 12 heteroatoms. The number of amides is 1. The summed E-state index contributed by atoms with van der Waals surface area (Å²) in [4.78, 5) is 43.1. The van der Waals surface area contributed by atoms with Crippen molar-refractivity contribution in [3.05, 3.63) is 35.8 Å². The molecule has 1 amide bonds. The van der Waals surface area contributed by atoms with Gasteiger partial charge < -0.3 is 43.1 Å². The average Bonchev–Trinajstić information content (AvgIpc) is 3.88. The van der Waals surface area contributed by atoms with Gasteiger partial charge in [0.2, 0.25) is 0 Å². The van der Waals surface area contributed by atoms with Gasteiger partial charge in [0, 0.05) is 38.2 Å². The third kappa shape index (κ3) is 14.2. The van der Waals surface area contributed by atoms with Crippen LogP contribution in [0.1, 0.15) is 46.5 Å². The van der Waals surface area contributed by atoms with Crippen molar-refractivity contribution in [1.29, 1.82) is 0 Å². The van der Waals surface area contributed by atoms with Crippen molar-refractivity contribution in [3.63, 3.8) is 0 Å². The number of hydrogen-bond donors (Lipinski definition) is 6. The first-order chi connectivity index (χ1) is 19.1. The normalized spacial score (nSPS) is 18.4. The maximum atomic E-state index is 12.3. The molecule has 0 spiro atoms. The molecule has 0 aromatic carbocycles. The molecule has 2 aliphatic rings. The van der Waals surface area contributed by atoms with Crippen molar-refractivity contribution in [1.82, 2.24) is 10.6 Å². The second-order valence-corrected chi connectivity index (χ2v) is 9.67. The molecule has 2 aliphatic carbocycles. The minimum absolute atomic E-state index is 0.000655. The maximum absolute atomic E-state index is 12.3. The van der Waals surface area contributed by atoms with Crippen LogP contribution in [0.4, 0.5) is 0 Å². The van der Waals surface area contributed by atoms with E-state index in [1.54, 1.807) is 20.2 Å². The number of aldehydes is 2. The van der Waals surface area contributed by atoms with E-state index < -0.39 is 12.3 Å². The van der Waals surface area contributed by atoms with Crippen LogP contribution >= 0.6 is 0 Å². The number of rotatable bonds is 15. The quantitative estimate of drug-likeness (QED) is 0.0709. The summed E-state index contributed by atoms with van der Waals surface area (Å²) in [6, 6.07) is -0.711. The maximum Gasteiger partial charge on any atom is 0.270 e.